The van der Waals surface area contributed by atoms with Crippen molar-refractivity contribution in [2.24, 2.45) is 0 Å². The van der Waals surface area contributed by atoms with Crippen LogP contribution < -0.4 is 0 Å². The number of rotatable bonds is 4. The maximum absolute atomic E-state index is 10.4. The minimum Gasteiger partial charge on any atom is -0.507 e. The lowest BCUT2D eigenvalue weighted by atomic mass is 10.3. The molecule has 0 aliphatic carbocycles. The summed E-state index contributed by atoms with van der Waals surface area (Å²) >= 11 is 1.36. The molecule has 88 valence electrons. The second-order valence-corrected chi connectivity index (χ2v) is 4.27. The molecular weight excluding hydrogens is 242 g/mol. The number of para-hydroxylation sites is 1. The highest BCUT2D eigenvalue weighted by Gasteiger charge is 2.12. The first-order chi connectivity index (χ1) is 8.16. The molecular formula is C11H9NO4S. The van der Waals surface area contributed by atoms with Crippen molar-refractivity contribution >= 4 is 17.6 Å². The van der Waals surface area contributed by atoms with Crippen molar-refractivity contribution in [3.63, 3.8) is 0 Å². The fraction of sp³-hybridized carbons (Fsp3) is 0.0909. The molecule has 1 aromatic carbocycles. The Labute approximate surface area is 101 Å². The lowest BCUT2D eigenvalue weighted by molar-refractivity contribution is -0.402. The van der Waals surface area contributed by atoms with E-state index in [0.29, 0.717) is 16.4 Å². The number of phenolic OH excluding ortho intramolecular Hbond substituents is 1. The van der Waals surface area contributed by atoms with Crippen LogP contribution in [-0.4, -0.2) is 10.0 Å². The van der Waals surface area contributed by atoms with Crippen molar-refractivity contribution in [2.75, 3.05) is 0 Å². The van der Waals surface area contributed by atoms with E-state index < -0.39 is 4.92 Å². The van der Waals surface area contributed by atoms with Gasteiger partial charge < -0.3 is 9.52 Å². The monoisotopic (exact) mass is 251 g/mol. The molecule has 1 heterocycles. The average molecular weight is 251 g/mol. The van der Waals surface area contributed by atoms with Crippen LogP contribution in [-0.2, 0) is 5.75 Å². The molecule has 0 saturated carbocycles. The van der Waals surface area contributed by atoms with Gasteiger partial charge in [-0.2, -0.15) is 0 Å². The molecule has 2 rings (SSSR count). The van der Waals surface area contributed by atoms with E-state index >= 15 is 0 Å². The van der Waals surface area contributed by atoms with Gasteiger partial charge >= 0.3 is 5.88 Å². The number of nitro groups is 1. The molecule has 0 saturated heterocycles. The molecule has 0 bridgehead atoms. The molecule has 0 unspecified atom stereocenters. The Bertz CT molecular complexity index is 538. The van der Waals surface area contributed by atoms with E-state index in [1.807, 2.05) is 6.07 Å². The average Bonchev–Trinajstić information content (AvgIpc) is 2.77. The van der Waals surface area contributed by atoms with E-state index in [9.17, 15) is 15.2 Å². The molecule has 0 spiro atoms. The van der Waals surface area contributed by atoms with Crippen molar-refractivity contribution in [1.82, 2.24) is 0 Å². The lowest BCUT2D eigenvalue weighted by Crippen LogP contribution is -1.83. The van der Waals surface area contributed by atoms with Gasteiger partial charge in [0.2, 0.25) is 0 Å². The summed E-state index contributed by atoms with van der Waals surface area (Å²) in [5.41, 5.74) is 0. The van der Waals surface area contributed by atoms with Crippen molar-refractivity contribution < 1.29 is 14.4 Å². The first-order valence-corrected chi connectivity index (χ1v) is 5.79. The highest BCUT2D eigenvalue weighted by atomic mass is 32.2. The maximum atomic E-state index is 10.4. The van der Waals surface area contributed by atoms with Gasteiger partial charge in [0.05, 0.1) is 11.8 Å². The van der Waals surface area contributed by atoms with Crippen LogP contribution in [0.2, 0.25) is 0 Å². The minimum atomic E-state index is -0.575. The molecule has 6 heteroatoms. The molecule has 2 aromatic rings. The topological polar surface area (TPSA) is 76.5 Å². The third-order valence-electron chi connectivity index (χ3n) is 2.06. The summed E-state index contributed by atoms with van der Waals surface area (Å²) in [6, 6.07) is 9.79. The van der Waals surface area contributed by atoms with Crippen LogP contribution in [0.3, 0.4) is 0 Å². The van der Waals surface area contributed by atoms with Gasteiger partial charge in [0.1, 0.15) is 16.4 Å². The summed E-state index contributed by atoms with van der Waals surface area (Å²) in [6.45, 7) is 0. The van der Waals surface area contributed by atoms with Gasteiger partial charge in [-0.25, -0.2) is 0 Å². The minimum absolute atomic E-state index is 0.193. The molecule has 0 fully saturated rings. The van der Waals surface area contributed by atoms with Crippen LogP contribution in [0, 0.1) is 10.1 Å². The Morgan fingerprint density at radius 2 is 2.06 bits per heavy atom. The SMILES string of the molecule is O=[N+]([O-])c1ccc(CSc2ccccc2O)o1. The summed E-state index contributed by atoms with van der Waals surface area (Å²) in [5, 5.41) is 19.9. The second kappa shape index (κ2) is 4.92. The molecule has 1 aromatic heterocycles. The molecule has 0 atom stereocenters. The van der Waals surface area contributed by atoms with Gasteiger partial charge in [-0.05, 0) is 18.2 Å². The molecule has 0 aliphatic rings. The zero-order valence-electron chi connectivity index (χ0n) is 8.70. The van der Waals surface area contributed by atoms with E-state index in [1.165, 1.54) is 17.8 Å². The van der Waals surface area contributed by atoms with Crippen LogP contribution >= 0.6 is 11.8 Å². The first-order valence-electron chi connectivity index (χ1n) is 4.80. The number of benzene rings is 1. The zero-order valence-corrected chi connectivity index (χ0v) is 9.52. The van der Waals surface area contributed by atoms with Gasteiger partial charge in [-0.15, -0.1) is 11.8 Å². The summed E-state index contributed by atoms with van der Waals surface area (Å²) < 4.78 is 5.01. The first kappa shape index (κ1) is 11.5. The van der Waals surface area contributed by atoms with Crippen molar-refractivity contribution in [3.8, 4) is 5.75 Å². The van der Waals surface area contributed by atoms with E-state index in [-0.39, 0.29) is 11.6 Å². The van der Waals surface area contributed by atoms with Crippen molar-refractivity contribution in [3.05, 3.63) is 52.3 Å². The number of phenols is 1. The Hall–Kier alpha value is -1.95. The summed E-state index contributed by atoms with van der Waals surface area (Å²) in [4.78, 5) is 10.5. The van der Waals surface area contributed by atoms with Crippen LogP contribution in [0.15, 0.2) is 45.7 Å². The van der Waals surface area contributed by atoms with E-state index in [4.69, 9.17) is 4.42 Å². The number of hydrogen-bond acceptors (Lipinski definition) is 5. The summed E-state index contributed by atoms with van der Waals surface area (Å²) in [6.07, 6.45) is 0. The number of aromatic hydroxyl groups is 1. The highest BCUT2D eigenvalue weighted by Crippen LogP contribution is 2.31. The predicted octanol–water partition coefficient (Wildman–Crippen LogP) is 3.19. The summed E-state index contributed by atoms with van der Waals surface area (Å²) in [7, 11) is 0. The van der Waals surface area contributed by atoms with Gasteiger partial charge in [0.25, 0.3) is 0 Å². The Kier molecular flexibility index (Phi) is 3.34. The van der Waals surface area contributed by atoms with E-state index in [0.717, 1.165) is 0 Å². The molecule has 1 N–H and O–H groups in total. The third kappa shape index (κ3) is 2.79. The fourth-order valence-corrected chi connectivity index (χ4v) is 2.11. The molecule has 17 heavy (non-hydrogen) atoms. The summed E-state index contributed by atoms with van der Waals surface area (Å²) in [5.74, 6) is 0.868. The van der Waals surface area contributed by atoms with Crippen molar-refractivity contribution in [1.29, 1.82) is 0 Å². The van der Waals surface area contributed by atoms with Crippen LogP contribution in [0.1, 0.15) is 5.76 Å². The van der Waals surface area contributed by atoms with Crippen LogP contribution in [0.4, 0.5) is 5.88 Å². The number of furan rings is 1. The van der Waals surface area contributed by atoms with Gasteiger partial charge in [-0.3, -0.25) is 10.1 Å². The van der Waals surface area contributed by atoms with Gasteiger partial charge in [0, 0.05) is 4.90 Å². The molecule has 0 amide bonds. The van der Waals surface area contributed by atoms with Crippen LogP contribution in [0.5, 0.6) is 5.75 Å². The third-order valence-corrected chi connectivity index (χ3v) is 3.15. The molecule has 0 radical (unpaired) electrons. The smallest absolute Gasteiger partial charge is 0.433 e. The fourth-order valence-electron chi connectivity index (χ4n) is 1.27. The highest BCUT2D eigenvalue weighted by molar-refractivity contribution is 7.98. The lowest BCUT2D eigenvalue weighted by Gasteiger charge is -2.01. The van der Waals surface area contributed by atoms with Gasteiger partial charge in [-0.1, -0.05) is 12.1 Å². The molecule has 0 aliphatic heterocycles. The number of nitrogens with zero attached hydrogens (tertiary/aromatic N) is 1. The Balaban J connectivity index is 2.02. The quantitative estimate of drug-likeness (QED) is 0.513. The Morgan fingerprint density at radius 1 is 1.29 bits per heavy atom. The van der Waals surface area contributed by atoms with E-state index in [2.05, 4.69) is 0 Å². The normalized spacial score (nSPS) is 10.4. The van der Waals surface area contributed by atoms with E-state index in [1.54, 1.807) is 24.3 Å². The number of hydrogen-bond donors (Lipinski definition) is 1. The van der Waals surface area contributed by atoms with Crippen molar-refractivity contribution in [2.45, 2.75) is 10.6 Å². The maximum Gasteiger partial charge on any atom is 0.433 e. The second-order valence-electron chi connectivity index (χ2n) is 3.25. The predicted molar refractivity (Wildman–Crippen MR) is 63.0 cm³/mol. The molecule has 5 nitrogen and oxygen atoms in total. The van der Waals surface area contributed by atoms with Gasteiger partial charge in [0.15, 0.2) is 0 Å². The zero-order chi connectivity index (χ0) is 12.3. The standard InChI is InChI=1S/C11H9NO4S/c13-9-3-1-2-4-10(9)17-7-8-5-6-11(16-8)12(14)15/h1-6,13H,7H2. The number of thioether (sulfide) groups is 1. The van der Waals surface area contributed by atoms with Crippen LogP contribution in [0.25, 0.3) is 0 Å². The Morgan fingerprint density at radius 3 is 2.71 bits per heavy atom. The largest absolute Gasteiger partial charge is 0.507 e.